The number of aryl methyl sites for hydroxylation is 1. The lowest BCUT2D eigenvalue weighted by Gasteiger charge is -2.11. The Kier molecular flexibility index (Phi) is 5.01. The van der Waals surface area contributed by atoms with Crippen LogP contribution in [0.15, 0.2) is 56.9 Å². The summed E-state index contributed by atoms with van der Waals surface area (Å²) in [5.74, 6) is -1.40. The standard InChI is InChI=1S/C20H18N2O5S2/c21-18(23)17-13-8-4-5-9-15(13)28-20(17)22-19(24)14-10-11-16(27-14)29(25,26)12-6-2-1-3-7-12/h1-3,6-7,10-11H,4-5,8-9H2,(H2,21,23)(H,22,24). The predicted molar refractivity (Wildman–Crippen MR) is 108 cm³/mol. The second-order valence-electron chi connectivity index (χ2n) is 6.67. The number of rotatable bonds is 5. The van der Waals surface area contributed by atoms with E-state index in [-0.39, 0.29) is 15.7 Å². The van der Waals surface area contributed by atoms with Crippen LogP contribution in [0.5, 0.6) is 0 Å². The number of primary amides is 1. The van der Waals surface area contributed by atoms with Crippen molar-refractivity contribution < 1.29 is 22.4 Å². The fraction of sp³-hybridized carbons (Fsp3) is 0.200. The molecule has 1 aliphatic rings. The van der Waals surface area contributed by atoms with Crippen LogP contribution in [0.3, 0.4) is 0 Å². The molecule has 2 heterocycles. The van der Waals surface area contributed by atoms with Crippen LogP contribution < -0.4 is 11.1 Å². The van der Waals surface area contributed by atoms with E-state index in [1.54, 1.807) is 18.2 Å². The highest BCUT2D eigenvalue weighted by Gasteiger charge is 2.27. The van der Waals surface area contributed by atoms with E-state index in [1.807, 2.05) is 0 Å². The molecule has 2 amide bonds. The first-order valence-electron chi connectivity index (χ1n) is 9.03. The van der Waals surface area contributed by atoms with Crippen LogP contribution in [0.4, 0.5) is 5.00 Å². The summed E-state index contributed by atoms with van der Waals surface area (Å²) in [6.45, 7) is 0. The molecule has 0 saturated carbocycles. The summed E-state index contributed by atoms with van der Waals surface area (Å²) in [7, 11) is -3.87. The van der Waals surface area contributed by atoms with Gasteiger partial charge in [-0.1, -0.05) is 18.2 Å². The van der Waals surface area contributed by atoms with Gasteiger partial charge < -0.3 is 15.5 Å². The van der Waals surface area contributed by atoms with Gasteiger partial charge in [-0.2, -0.15) is 0 Å². The monoisotopic (exact) mass is 430 g/mol. The highest BCUT2D eigenvalue weighted by Crippen LogP contribution is 2.38. The van der Waals surface area contributed by atoms with E-state index < -0.39 is 21.7 Å². The van der Waals surface area contributed by atoms with Crippen molar-refractivity contribution in [3.8, 4) is 0 Å². The summed E-state index contributed by atoms with van der Waals surface area (Å²) in [5, 5.41) is 2.71. The second-order valence-corrected chi connectivity index (χ2v) is 9.65. The van der Waals surface area contributed by atoms with Crippen LogP contribution >= 0.6 is 11.3 Å². The Balaban J connectivity index is 1.61. The average molecular weight is 431 g/mol. The van der Waals surface area contributed by atoms with Crippen LogP contribution in [0, 0.1) is 0 Å². The van der Waals surface area contributed by atoms with E-state index in [4.69, 9.17) is 10.2 Å². The van der Waals surface area contributed by atoms with E-state index >= 15 is 0 Å². The highest BCUT2D eigenvalue weighted by atomic mass is 32.2. The molecule has 0 aliphatic heterocycles. The minimum absolute atomic E-state index is 0.0725. The summed E-state index contributed by atoms with van der Waals surface area (Å²) in [6, 6.07) is 10.4. The number of amides is 2. The van der Waals surface area contributed by atoms with Crippen LogP contribution in [0.1, 0.15) is 44.2 Å². The van der Waals surface area contributed by atoms with E-state index in [0.29, 0.717) is 10.6 Å². The van der Waals surface area contributed by atoms with Crippen LogP contribution in [-0.4, -0.2) is 20.2 Å². The number of hydrogen-bond acceptors (Lipinski definition) is 6. The zero-order valence-electron chi connectivity index (χ0n) is 15.3. The molecule has 0 spiro atoms. The third kappa shape index (κ3) is 3.58. The van der Waals surface area contributed by atoms with Crippen molar-refractivity contribution in [3.05, 3.63) is 64.2 Å². The first kappa shape index (κ1) is 19.4. The maximum absolute atomic E-state index is 12.6. The Labute approximate surface area is 171 Å². The lowest BCUT2D eigenvalue weighted by molar-refractivity contribution is 0.0992. The third-order valence-electron chi connectivity index (χ3n) is 4.77. The van der Waals surface area contributed by atoms with Crippen LogP contribution in [0.2, 0.25) is 0 Å². The van der Waals surface area contributed by atoms with Crippen LogP contribution in [0.25, 0.3) is 0 Å². The van der Waals surface area contributed by atoms with Crippen molar-refractivity contribution in [2.24, 2.45) is 5.73 Å². The molecule has 0 radical (unpaired) electrons. The number of sulfone groups is 1. The average Bonchev–Trinajstić information content (AvgIpc) is 3.34. The molecule has 2 aromatic heterocycles. The minimum Gasteiger partial charge on any atom is -0.439 e. The number of carbonyl (C=O) groups is 2. The zero-order chi connectivity index (χ0) is 20.6. The molecule has 0 unspecified atom stereocenters. The van der Waals surface area contributed by atoms with Gasteiger partial charge in [-0.25, -0.2) is 8.42 Å². The molecule has 1 aliphatic carbocycles. The van der Waals surface area contributed by atoms with E-state index in [9.17, 15) is 18.0 Å². The predicted octanol–water partition coefficient (Wildman–Crippen LogP) is 3.40. The van der Waals surface area contributed by atoms with Crippen LogP contribution in [-0.2, 0) is 22.7 Å². The molecule has 1 aromatic carbocycles. The maximum Gasteiger partial charge on any atom is 0.292 e. The number of thiophene rings is 1. The summed E-state index contributed by atoms with van der Waals surface area (Å²) >= 11 is 1.33. The normalized spacial score (nSPS) is 13.7. The van der Waals surface area contributed by atoms with Gasteiger partial charge in [-0.05, 0) is 55.5 Å². The largest absolute Gasteiger partial charge is 0.439 e. The number of fused-ring (bicyclic) bond motifs is 1. The molecule has 0 fully saturated rings. The second kappa shape index (κ2) is 7.49. The van der Waals surface area contributed by atoms with Crippen molar-refractivity contribution in [1.29, 1.82) is 0 Å². The molecule has 150 valence electrons. The van der Waals surface area contributed by atoms with E-state index in [2.05, 4.69) is 5.32 Å². The lowest BCUT2D eigenvalue weighted by Crippen LogP contribution is -2.18. The van der Waals surface area contributed by atoms with Crippen molar-refractivity contribution in [1.82, 2.24) is 0 Å². The molecular formula is C20H18N2O5S2. The number of anilines is 1. The van der Waals surface area contributed by atoms with E-state index in [1.165, 1.54) is 35.6 Å². The Morgan fingerprint density at radius 3 is 2.48 bits per heavy atom. The molecule has 7 nitrogen and oxygen atoms in total. The van der Waals surface area contributed by atoms with Gasteiger partial charge >= 0.3 is 0 Å². The molecule has 3 N–H and O–H groups in total. The number of furan rings is 1. The molecule has 29 heavy (non-hydrogen) atoms. The van der Waals surface area contributed by atoms with Gasteiger partial charge in [-0.3, -0.25) is 9.59 Å². The number of nitrogens with two attached hydrogens (primary N) is 1. The van der Waals surface area contributed by atoms with Crippen molar-refractivity contribution in [2.75, 3.05) is 5.32 Å². The molecule has 0 saturated heterocycles. The van der Waals surface area contributed by atoms with Gasteiger partial charge in [0, 0.05) is 4.88 Å². The lowest BCUT2D eigenvalue weighted by atomic mass is 9.95. The first-order chi connectivity index (χ1) is 13.9. The Morgan fingerprint density at radius 2 is 1.76 bits per heavy atom. The third-order valence-corrected chi connectivity index (χ3v) is 7.62. The molecule has 0 bridgehead atoms. The smallest absolute Gasteiger partial charge is 0.292 e. The molecule has 0 atom stereocenters. The topological polar surface area (TPSA) is 119 Å². The summed E-state index contributed by atoms with van der Waals surface area (Å²) in [5.41, 5.74) is 6.77. The Hall–Kier alpha value is -2.91. The SMILES string of the molecule is NC(=O)c1c(NC(=O)c2ccc(S(=O)(=O)c3ccccc3)o2)sc2c1CCCC2. The van der Waals surface area contributed by atoms with Gasteiger partial charge in [0.05, 0.1) is 10.5 Å². The molecule has 4 rings (SSSR count). The first-order valence-corrected chi connectivity index (χ1v) is 11.3. The van der Waals surface area contributed by atoms with Gasteiger partial charge in [0.1, 0.15) is 5.00 Å². The molecule has 3 aromatic rings. The summed E-state index contributed by atoms with van der Waals surface area (Å²) in [6.07, 6.45) is 3.59. The maximum atomic E-state index is 12.6. The fourth-order valence-electron chi connectivity index (χ4n) is 3.38. The summed E-state index contributed by atoms with van der Waals surface area (Å²) < 4.78 is 30.6. The Bertz CT molecular complexity index is 1190. The Morgan fingerprint density at radius 1 is 1.03 bits per heavy atom. The van der Waals surface area contributed by atoms with Gasteiger partial charge in [0.15, 0.2) is 5.76 Å². The van der Waals surface area contributed by atoms with Crippen molar-refractivity contribution in [3.63, 3.8) is 0 Å². The number of carbonyl (C=O) groups excluding carboxylic acids is 2. The summed E-state index contributed by atoms with van der Waals surface area (Å²) in [4.78, 5) is 25.7. The van der Waals surface area contributed by atoms with Gasteiger partial charge in [0.25, 0.3) is 11.8 Å². The highest BCUT2D eigenvalue weighted by molar-refractivity contribution is 7.91. The minimum atomic E-state index is -3.87. The van der Waals surface area contributed by atoms with Crippen molar-refractivity contribution in [2.45, 2.75) is 35.7 Å². The quantitative estimate of drug-likeness (QED) is 0.643. The molecular weight excluding hydrogens is 412 g/mol. The van der Waals surface area contributed by atoms with Crippen molar-refractivity contribution >= 4 is 38.0 Å². The van der Waals surface area contributed by atoms with Gasteiger partial charge in [0.2, 0.25) is 14.9 Å². The zero-order valence-corrected chi connectivity index (χ0v) is 16.9. The van der Waals surface area contributed by atoms with Gasteiger partial charge in [-0.15, -0.1) is 11.3 Å². The fourth-order valence-corrected chi connectivity index (χ4v) is 5.87. The number of hydrogen-bond donors (Lipinski definition) is 2. The number of benzene rings is 1. The number of nitrogens with one attached hydrogen (secondary N) is 1. The van der Waals surface area contributed by atoms with E-state index in [0.717, 1.165) is 36.1 Å². The molecule has 9 heteroatoms.